The highest BCUT2D eigenvalue weighted by atomic mass is 16.5. The molecular weight excluding hydrogens is 192 g/mol. The summed E-state index contributed by atoms with van der Waals surface area (Å²) in [5.74, 6) is -0.511. The molecule has 0 radical (unpaired) electrons. The maximum absolute atomic E-state index is 10.7. The predicted octanol–water partition coefficient (Wildman–Crippen LogP) is 3.20. The number of benzene rings is 1. The molecular formula is C12H18O3. The number of hydrogen-bond donors (Lipinski definition) is 1. The van der Waals surface area contributed by atoms with Crippen molar-refractivity contribution >= 4 is 5.97 Å². The molecule has 0 amide bonds. The van der Waals surface area contributed by atoms with E-state index in [9.17, 15) is 4.79 Å². The number of rotatable bonds is 4. The normalized spacial score (nSPS) is 8.73. The molecule has 0 aliphatic carbocycles. The Hall–Kier alpha value is -1.51. The lowest BCUT2D eigenvalue weighted by atomic mass is 10.2. The van der Waals surface area contributed by atoms with E-state index in [0.717, 1.165) is 6.42 Å². The summed E-state index contributed by atoms with van der Waals surface area (Å²) in [7, 11) is 0. The van der Waals surface area contributed by atoms with Crippen LogP contribution in [0.15, 0.2) is 24.3 Å². The summed E-state index contributed by atoms with van der Waals surface area (Å²) in [4.78, 5) is 10.7. The van der Waals surface area contributed by atoms with E-state index in [-0.39, 0.29) is 5.56 Å². The largest absolute Gasteiger partial charge is 0.493 e. The number of aromatic carboxylic acids is 1. The summed E-state index contributed by atoms with van der Waals surface area (Å²) >= 11 is 0. The molecule has 1 N–H and O–H groups in total. The van der Waals surface area contributed by atoms with Crippen LogP contribution in [0.5, 0.6) is 5.75 Å². The quantitative estimate of drug-likeness (QED) is 0.830. The molecule has 3 heteroatoms. The monoisotopic (exact) mass is 210 g/mol. The Morgan fingerprint density at radius 2 is 1.93 bits per heavy atom. The third-order valence-electron chi connectivity index (χ3n) is 1.58. The second kappa shape index (κ2) is 7.85. The predicted molar refractivity (Wildman–Crippen MR) is 60.5 cm³/mol. The maximum Gasteiger partial charge on any atom is 0.339 e. The molecule has 1 aromatic rings. The maximum atomic E-state index is 10.7. The molecule has 0 aliphatic heterocycles. The van der Waals surface area contributed by atoms with Crippen molar-refractivity contribution in [3.8, 4) is 5.75 Å². The summed E-state index contributed by atoms with van der Waals surface area (Å²) in [6.45, 7) is 6.52. The fourth-order valence-corrected chi connectivity index (χ4v) is 0.981. The Labute approximate surface area is 90.7 Å². The zero-order chi connectivity index (χ0) is 11.7. The third-order valence-corrected chi connectivity index (χ3v) is 1.58. The lowest BCUT2D eigenvalue weighted by Gasteiger charge is -2.06. The molecule has 0 fully saturated rings. The van der Waals surface area contributed by atoms with E-state index in [1.54, 1.807) is 18.2 Å². The number of carboxylic acid groups (broad SMARTS) is 1. The van der Waals surface area contributed by atoms with Gasteiger partial charge in [-0.05, 0) is 18.6 Å². The zero-order valence-electron chi connectivity index (χ0n) is 9.49. The van der Waals surface area contributed by atoms with Crippen LogP contribution in [0.1, 0.15) is 37.6 Å². The zero-order valence-corrected chi connectivity index (χ0v) is 9.49. The number of ether oxygens (including phenoxy) is 1. The Morgan fingerprint density at radius 1 is 1.33 bits per heavy atom. The molecule has 0 aromatic heterocycles. The van der Waals surface area contributed by atoms with E-state index in [4.69, 9.17) is 9.84 Å². The molecule has 3 nitrogen and oxygen atoms in total. The van der Waals surface area contributed by atoms with Gasteiger partial charge < -0.3 is 9.84 Å². The van der Waals surface area contributed by atoms with Gasteiger partial charge in [-0.25, -0.2) is 4.79 Å². The van der Waals surface area contributed by atoms with Crippen molar-refractivity contribution < 1.29 is 14.6 Å². The van der Waals surface area contributed by atoms with E-state index in [2.05, 4.69) is 0 Å². The number of carbonyl (C=O) groups is 1. The van der Waals surface area contributed by atoms with Crippen LogP contribution in [0.2, 0.25) is 0 Å². The van der Waals surface area contributed by atoms with Crippen LogP contribution in [-0.2, 0) is 0 Å². The Bertz CT molecular complexity index is 295. The van der Waals surface area contributed by atoms with E-state index >= 15 is 0 Å². The van der Waals surface area contributed by atoms with Crippen LogP contribution >= 0.6 is 0 Å². The standard InChI is InChI=1S/C10H12O3.C2H6/c1-2-7-13-9-6-4-3-5-8(9)10(11)12;1-2/h3-6H,2,7H2,1H3,(H,11,12);1-2H3. The lowest BCUT2D eigenvalue weighted by molar-refractivity contribution is 0.0692. The van der Waals surface area contributed by atoms with Gasteiger partial charge in [-0.2, -0.15) is 0 Å². The van der Waals surface area contributed by atoms with Gasteiger partial charge in [0.15, 0.2) is 0 Å². The first-order valence-corrected chi connectivity index (χ1v) is 5.20. The van der Waals surface area contributed by atoms with E-state index < -0.39 is 5.97 Å². The summed E-state index contributed by atoms with van der Waals surface area (Å²) in [6.07, 6.45) is 0.869. The molecule has 0 atom stereocenters. The number of carboxylic acids is 1. The van der Waals surface area contributed by atoms with Crippen molar-refractivity contribution in [2.45, 2.75) is 27.2 Å². The second-order valence-electron chi connectivity index (χ2n) is 2.65. The molecule has 15 heavy (non-hydrogen) atoms. The SMILES string of the molecule is CC.CCCOc1ccccc1C(=O)O. The summed E-state index contributed by atoms with van der Waals surface area (Å²) < 4.78 is 5.27. The molecule has 0 heterocycles. The van der Waals surface area contributed by atoms with Crippen LogP contribution in [0.25, 0.3) is 0 Å². The molecule has 0 aliphatic rings. The van der Waals surface area contributed by atoms with Gasteiger partial charge in [0.2, 0.25) is 0 Å². The number of para-hydroxylation sites is 1. The average molecular weight is 210 g/mol. The molecule has 0 spiro atoms. The lowest BCUT2D eigenvalue weighted by Crippen LogP contribution is -2.03. The van der Waals surface area contributed by atoms with Gasteiger partial charge in [-0.3, -0.25) is 0 Å². The van der Waals surface area contributed by atoms with Crippen molar-refractivity contribution in [1.82, 2.24) is 0 Å². The third kappa shape index (κ3) is 4.49. The molecule has 0 saturated carbocycles. The molecule has 0 unspecified atom stereocenters. The highest BCUT2D eigenvalue weighted by Gasteiger charge is 2.08. The van der Waals surface area contributed by atoms with Crippen molar-refractivity contribution in [2.24, 2.45) is 0 Å². The Balaban J connectivity index is 0.000000921. The van der Waals surface area contributed by atoms with Crippen molar-refractivity contribution in [3.63, 3.8) is 0 Å². The molecule has 1 rings (SSSR count). The van der Waals surface area contributed by atoms with Gasteiger partial charge >= 0.3 is 5.97 Å². The smallest absolute Gasteiger partial charge is 0.339 e. The minimum absolute atomic E-state index is 0.218. The highest BCUT2D eigenvalue weighted by Crippen LogP contribution is 2.17. The second-order valence-corrected chi connectivity index (χ2v) is 2.65. The van der Waals surface area contributed by atoms with Gasteiger partial charge in [-0.15, -0.1) is 0 Å². The molecule has 84 valence electrons. The topological polar surface area (TPSA) is 46.5 Å². The van der Waals surface area contributed by atoms with Gasteiger partial charge in [0, 0.05) is 0 Å². The molecule has 0 bridgehead atoms. The van der Waals surface area contributed by atoms with Gasteiger partial charge in [-0.1, -0.05) is 32.9 Å². The van der Waals surface area contributed by atoms with Crippen molar-refractivity contribution in [1.29, 1.82) is 0 Å². The van der Waals surface area contributed by atoms with Crippen LogP contribution in [0.3, 0.4) is 0 Å². The highest BCUT2D eigenvalue weighted by molar-refractivity contribution is 5.90. The minimum atomic E-state index is -0.952. The molecule has 0 saturated heterocycles. The fraction of sp³-hybridized carbons (Fsp3) is 0.417. The Kier molecular flexibility index (Phi) is 7.06. The van der Waals surface area contributed by atoms with Crippen LogP contribution < -0.4 is 4.74 Å². The first-order chi connectivity index (χ1) is 7.25. The van der Waals surface area contributed by atoms with Crippen LogP contribution in [0.4, 0.5) is 0 Å². The summed E-state index contributed by atoms with van der Waals surface area (Å²) in [5.41, 5.74) is 0.218. The van der Waals surface area contributed by atoms with E-state index in [0.29, 0.717) is 12.4 Å². The van der Waals surface area contributed by atoms with Crippen LogP contribution in [-0.4, -0.2) is 17.7 Å². The van der Waals surface area contributed by atoms with Gasteiger partial charge in [0.1, 0.15) is 11.3 Å². The van der Waals surface area contributed by atoms with Crippen molar-refractivity contribution in [3.05, 3.63) is 29.8 Å². The Morgan fingerprint density at radius 3 is 2.47 bits per heavy atom. The number of hydrogen-bond acceptors (Lipinski definition) is 2. The molecule has 1 aromatic carbocycles. The summed E-state index contributed by atoms with van der Waals surface area (Å²) in [6, 6.07) is 6.64. The minimum Gasteiger partial charge on any atom is -0.493 e. The first kappa shape index (κ1) is 13.5. The first-order valence-electron chi connectivity index (χ1n) is 5.20. The van der Waals surface area contributed by atoms with E-state index in [1.165, 1.54) is 6.07 Å². The van der Waals surface area contributed by atoms with Crippen molar-refractivity contribution in [2.75, 3.05) is 6.61 Å². The van der Waals surface area contributed by atoms with Gasteiger partial charge in [0.25, 0.3) is 0 Å². The van der Waals surface area contributed by atoms with E-state index in [1.807, 2.05) is 20.8 Å². The van der Waals surface area contributed by atoms with Crippen LogP contribution in [0, 0.1) is 0 Å². The average Bonchev–Trinajstić information content (AvgIpc) is 2.29. The summed E-state index contributed by atoms with van der Waals surface area (Å²) in [5, 5.41) is 8.78. The van der Waals surface area contributed by atoms with Gasteiger partial charge in [0.05, 0.1) is 6.61 Å². The fourth-order valence-electron chi connectivity index (χ4n) is 0.981.